The number of nitrogens with zero attached hydrogens (tertiary/aromatic N) is 4. The highest BCUT2D eigenvalue weighted by molar-refractivity contribution is 7.84. The van der Waals surface area contributed by atoms with Gasteiger partial charge in [0.25, 0.3) is 0 Å². The minimum atomic E-state index is -4.08. The molecular weight excluding hydrogens is 644 g/mol. The van der Waals surface area contributed by atoms with Crippen molar-refractivity contribution < 1.29 is 31.6 Å². The molecule has 0 saturated heterocycles. The molecule has 0 spiro atoms. The second kappa shape index (κ2) is 13.5. The van der Waals surface area contributed by atoms with Gasteiger partial charge in [0.05, 0.1) is 25.2 Å². The van der Waals surface area contributed by atoms with Crippen molar-refractivity contribution in [2.45, 2.75) is 65.8 Å². The summed E-state index contributed by atoms with van der Waals surface area (Å²) in [6.07, 6.45) is 0.813. The molecule has 0 N–H and O–H groups in total. The van der Waals surface area contributed by atoms with Crippen molar-refractivity contribution in [1.82, 2.24) is 19.3 Å². The molecule has 11 nitrogen and oxygen atoms in total. The number of hydrogen-bond donors (Lipinski definition) is 0. The van der Waals surface area contributed by atoms with Crippen molar-refractivity contribution in [3.63, 3.8) is 0 Å². The van der Waals surface area contributed by atoms with Crippen LogP contribution in [0.25, 0.3) is 11.0 Å². The molecule has 0 aliphatic carbocycles. The zero-order valence-electron chi connectivity index (χ0n) is 27.7. The predicted octanol–water partition coefficient (Wildman–Crippen LogP) is 6.13. The number of hydrogen-bond acceptors (Lipinski definition) is 9. The van der Waals surface area contributed by atoms with Gasteiger partial charge in [0.1, 0.15) is 29.4 Å². The molecule has 12 heteroatoms. The molecule has 8 rings (SSSR count). The van der Waals surface area contributed by atoms with Crippen LogP contribution >= 0.6 is 0 Å². The number of aromatic nitrogens is 3. The Morgan fingerprint density at radius 1 is 0.939 bits per heavy atom. The standard InChI is InChI=1S/C37H38N4O7S/c1-4-45-36(42)20-32-26-11-10-24(2)28(18-26)21-40-22-29-19-30(12-15-35(29)48-49(40,43)44)47-23-27-8-5-6-9-34(27)46-17-7-16-41-33-14-13-31(32)25(3)37(33)38-39-41/h5-6,8-15,18-19,32H,4,7,16-17,20-23H2,1-3H3. The summed E-state index contributed by atoms with van der Waals surface area (Å²) in [6.45, 7) is 7.53. The van der Waals surface area contributed by atoms with Crippen molar-refractivity contribution in [2.75, 3.05) is 13.2 Å². The van der Waals surface area contributed by atoms with E-state index in [0.29, 0.717) is 30.9 Å². The van der Waals surface area contributed by atoms with Crippen LogP contribution < -0.4 is 13.7 Å². The molecule has 2 unspecified atom stereocenters. The Balaban J connectivity index is 1.31. The lowest BCUT2D eigenvalue weighted by molar-refractivity contribution is -0.143. The van der Waals surface area contributed by atoms with E-state index in [1.54, 1.807) is 19.1 Å². The number of carbonyl (C=O) groups is 1. The molecule has 5 aromatic rings. The molecule has 1 aromatic heterocycles. The number of benzene rings is 4. The topological polar surface area (TPSA) is 122 Å². The van der Waals surface area contributed by atoms with Crippen LogP contribution in [0, 0.1) is 13.8 Å². The minimum absolute atomic E-state index is 0.0791. The summed E-state index contributed by atoms with van der Waals surface area (Å²) in [5.74, 6) is 0.911. The molecule has 0 saturated carbocycles. The zero-order valence-corrected chi connectivity index (χ0v) is 28.5. The third-order valence-corrected chi connectivity index (χ3v) is 10.5. The maximum Gasteiger partial charge on any atom is 0.385 e. The number of rotatable bonds is 3. The lowest BCUT2D eigenvalue weighted by atomic mass is 9.84. The van der Waals surface area contributed by atoms with Gasteiger partial charge in [0, 0.05) is 43.1 Å². The van der Waals surface area contributed by atoms with Crippen molar-refractivity contribution in [3.05, 3.63) is 112 Å². The summed E-state index contributed by atoms with van der Waals surface area (Å²) >= 11 is 0. The lowest BCUT2D eigenvalue weighted by Gasteiger charge is -2.29. The molecule has 3 aliphatic heterocycles. The highest BCUT2D eigenvalue weighted by Crippen LogP contribution is 2.37. The second-order valence-corrected chi connectivity index (χ2v) is 13.9. The zero-order chi connectivity index (χ0) is 34.1. The SMILES string of the molecule is CCOC(=O)CC1c2ccc(C)c(c2)CN2Cc3cc(ccc3OS2(=O)=O)OCc2ccccc2OCCCn2nnc3c(C)c1ccc32. The van der Waals surface area contributed by atoms with Gasteiger partial charge in [-0.3, -0.25) is 4.79 Å². The maximum absolute atomic E-state index is 13.4. The van der Waals surface area contributed by atoms with Crippen molar-refractivity contribution >= 4 is 27.3 Å². The first-order valence-electron chi connectivity index (χ1n) is 16.4. The van der Waals surface area contributed by atoms with Crippen molar-refractivity contribution in [3.8, 4) is 17.2 Å². The fraction of sp³-hybridized carbons (Fsp3) is 0.324. The van der Waals surface area contributed by atoms with E-state index in [0.717, 1.165) is 50.2 Å². The van der Waals surface area contributed by atoms with Gasteiger partial charge in [-0.2, -0.15) is 12.7 Å². The molecule has 0 fully saturated rings. The van der Waals surface area contributed by atoms with E-state index in [-0.39, 0.29) is 50.4 Å². The molecule has 0 radical (unpaired) electrons. The van der Waals surface area contributed by atoms with Crippen molar-refractivity contribution in [2.24, 2.45) is 0 Å². The number of fused-ring (bicyclic) bond motifs is 5. The van der Waals surface area contributed by atoms with E-state index < -0.39 is 10.3 Å². The summed E-state index contributed by atoms with van der Waals surface area (Å²) in [5.41, 5.74) is 7.66. The molecule has 254 valence electrons. The van der Waals surface area contributed by atoms with E-state index in [1.165, 1.54) is 4.31 Å². The van der Waals surface area contributed by atoms with Gasteiger partial charge < -0.3 is 18.4 Å². The Morgan fingerprint density at radius 3 is 2.63 bits per heavy atom. The second-order valence-electron chi connectivity index (χ2n) is 12.4. The maximum atomic E-state index is 13.4. The van der Waals surface area contributed by atoms with E-state index in [9.17, 15) is 13.2 Å². The summed E-state index contributed by atoms with van der Waals surface area (Å²) < 4.78 is 53.2. The average Bonchev–Trinajstić information content (AvgIpc) is 3.50. The van der Waals surface area contributed by atoms with Crippen LogP contribution in [-0.4, -0.2) is 46.9 Å². The lowest BCUT2D eigenvalue weighted by Crippen LogP contribution is -2.37. The van der Waals surface area contributed by atoms with Gasteiger partial charge in [-0.1, -0.05) is 47.7 Å². The minimum Gasteiger partial charge on any atom is -0.493 e. The predicted molar refractivity (Wildman–Crippen MR) is 183 cm³/mol. The van der Waals surface area contributed by atoms with Gasteiger partial charge >= 0.3 is 16.3 Å². The van der Waals surface area contributed by atoms with Crippen LogP contribution in [0.2, 0.25) is 0 Å². The van der Waals surface area contributed by atoms with Gasteiger partial charge in [-0.05, 0) is 78.9 Å². The van der Waals surface area contributed by atoms with Crippen molar-refractivity contribution in [1.29, 1.82) is 0 Å². The van der Waals surface area contributed by atoms with E-state index in [2.05, 4.69) is 10.3 Å². The molecule has 4 heterocycles. The Labute approximate surface area is 285 Å². The third kappa shape index (κ3) is 6.70. The Morgan fingerprint density at radius 2 is 1.78 bits per heavy atom. The monoisotopic (exact) mass is 682 g/mol. The average molecular weight is 683 g/mol. The summed E-state index contributed by atoms with van der Waals surface area (Å²) in [4.78, 5) is 13.0. The van der Waals surface area contributed by atoms with Crippen LogP contribution in [-0.2, 0) is 46.1 Å². The van der Waals surface area contributed by atoms with Gasteiger partial charge in [-0.25, -0.2) is 4.68 Å². The highest BCUT2D eigenvalue weighted by Gasteiger charge is 2.33. The fourth-order valence-corrected chi connectivity index (χ4v) is 7.62. The summed E-state index contributed by atoms with van der Waals surface area (Å²) in [7, 11) is -4.08. The van der Waals surface area contributed by atoms with Gasteiger partial charge in [0.15, 0.2) is 0 Å². The van der Waals surface area contributed by atoms with Crippen LogP contribution in [0.4, 0.5) is 0 Å². The normalized spacial score (nSPS) is 18.7. The number of esters is 1. The Bertz CT molecular complexity index is 2150. The summed E-state index contributed by atoms with van der Waals surface area (Å²) in [5, 5.41) is 9.00. The molecule has 2 atom stereocenters. The molecule has 0 amide bonds. The number of aryl methyl sites for hydroxylation is 3. The van der Waals surface area contributed by atoms with E-state index in [1.807, 2.05) is 79.2 Å². The number of carbonyl (C=O) groups excluding carboxylic acids is 1. The first kappa shape index (κ1) is 32.6. The first-order chi connectivity index (χ1) is 23.7. The molecule has 49 heavy (non-hydrogen) atoms. The largest absolute Gasteiger partial charge is 0.493 e. The number of para-hydroxylation sites is 1. The van der Waals surface area contributed by atoms with Crippen LogP contribution in [0.15, 0.2) is 72.8 Å². The highest BCUT2D eigenvalue weighted by atomic mass is 32.2. The molecular formula is C37H38N4O7S. The smallest absolute Gasteiger partial charge is 0.385 e. The van der Waals surface area contributed by atoms with Crippen LogP contribution in [0.1, 0.15) is 64.6 Å². The van der Waals surface area contributed by atoms with Crippen LogP contribution in [0.5, 0.6) is 17.2 Å². The first-order valence-corrected chi connectivity index (χ1v) is 17.8. The van der Waals surface area contributed by atoms with Gasteiger partial charge in [0.2, 0.25) is 0 Å². The quantitative estimate of drug-likeness (QED) is 0.207. The fourth-order valence-electron chi connectivity index (χ4n) is 6.53. The third-order valence-electron chi connectivity index (χ3n) is 9.18. The van der Waals surface area contributed by atoms with E-state index >= 15 is 0 Å². The van der Waals surface area contributed by atoms with E-state index in [4.69, 9.17) is 18.4 Å². The molecule has 9 bridgehead atoms. The number of ether oxygens (including phenoxy) is 3. The molecule has 4 aromatic carbocycles. The summed E-state index contributed by atoms with van der Waals surface area (Å²) in [6, 6.07) is 22.9. The van der Waals surface area contributed by atoms with Gasteiger partial charge in [-0.15, -0.1) is 5.10 Å². The van der Waals surface area contributed by atoms with Crippen LogP contribution in [0.3, 0.4) is 0 Å². The Hall–Kier alpha value is -4.94. The Kier molecular flexibility index (Phi) is 9.00. The molecule has 3 aliphatic rings.